The fraction of sp³-hybridized carbons (Fsp3) is 0.200. The van der Waals surface area contributed by atoms with Gasteiger partial charge in [-0.05, 0) is 18.2 Å². The molecule has 0 fully saturated rings. The zero-order chi connectivity index (χ0) is 14.0. The molecule has 0 saturated carbocycles. The molecular weight excluding hydrogens is 252 g/mol. The van der Waals surface area contributed by atoms with Gasteiger partial charge < -0.3 is 0 Å². The number of carbonyl (C=O) groups excluding carboxylic acids is 1. The number of aromatic nitrogens is 4. The molecule has 0 aliphatic carbocycles. The number of aryl methyl sites for hydroxylation is 1. The second-order valence-electron chi connectivity index (χ2n) is 3.76. The van der Waals surface area contributed by atoms with Gasteiger partial charge in [0, 0.05) is 17.2 Å². The van der Waals surface area contributed by atoms with Gasteiger partial charge in [0.15, 0.2) is 0 Å². The van der Waals surface area contributed by atoms with Crippen LogP contribution in [0, 0.1) is 17.0 Å². The van der Waals surface area contributed by atoms with Gasteiger partial charge in [0.25, 0.3) is 17.5 Å². The van der Waals surface area contributed by atoms with Crippen molar-refractivity contribution in [1.29, 1.82) is 0 Å². The Bertz CT molecular complexity index is 650. The van der Waals surface area contributed by atoms with Crippen LogP contribution in [0.15, 0.2) is 18.2 Å². The minimum absolute atomic E-state index is 0.0402. The van der Waals surface area contributed by atoms with Crippen molar-refractivity contribution in [3.05, 3.63) is 39.4 Å². The first-order chi connectivity index (χ1) is 8.99. The Morgan fingerprint density at radius 3 is 2.79 bits per heavy atom. The van der Waals surface area contributed by atoms with Crippen LogP contribution < -0.4 is 5.32 Å². The molecule has 1 amide bonds. The SMILES string of the molecule is Cc1c(C(=O)Nc2nnn(C)n2)cccc1[N+](=O)[O-]. The molecule has 9 heteroatoms. The van der Waals surface area contributed by atoms with Crippen molar-refractivity contribution >= 4 is 17.5 Å². The molecule has 0 bridgehead atoms. The van der Waals surface area contributed by atoms with Gasteiger partial charge in [-0.25, -0.2) is 0 Å². The zero-order valence-electron chi connectivity index (χ0n) is 10.2. The average molecular weight is 262 g/mol. The maximum atomic E-state index is 12.0. The summed E-state index contributed by atoms with van der Waals surface area (Å²) in [7, 11) is 1.56. The highest BCUT2D eigenvalue weighted by Gasteiger charge is 2.18. The Labute approximate surface area is 107 Å². The van der Waals surface area contributed by atoms with Crippen molar-refractivity contribution in [3.63, 3.8) is 0 Å². The molecule has 0 aliphatic rings. The van der Waals surface area contributed by atoms with E-state index in [0.717, 1.165) is 0 Å². The monoisotopic (exact) mass is 262 g/mol. The van der Waals surface area contributed by atoms with Gasteiger partial charge >= 0.3 is 0 Å². The van der Waals surface area contributed by atoms with Crippen molar-refractivity contribution in [1.82, 2.24) is 20.2 Å². The molecule has 0 radical (unpaired) electrons. The summed E-state index contributed by atoms with van der Waals surface area (Å²) in [6, 6.07) is 4.28. The molecule has 0 aliphatic heterocycles. The van der Waals surface area contributed by atoms with E-state index in [9.17, 15) is 14.9 Å². The number of amides is 1. The number of anilines is 1. The number of nitrogens with zero attached hydrogens (tertiary/aromatic N) is 5. The van der Waals surface area contributed by atoms with Crippen molar-refractivity contribution in [2.75, 3.05) is 5.32 Å². The summed E-state index contributed by atoms with van der Waals surface area (Å²) in [6.07, 6.45) is 0. The number of tetrazole rings is 1. The quantitative estimate of drug-likeness (QED) is 0.642. The highest BCUT2D eigenvalue weighted by molar-refractivity contribution is 6.04. The first-order valence-corrected chi connectivity index (χ1v) is 5.28. The van der Waals surface area contributed by atoms with Crippen LogP contribution in [0.25, 0.3) is 0 Å². The van der Waals surface area contributed by atoms with E-state index in [2.05, 4.69) is 20.7 Å². The van der Waals surface area contributed by atoms with Crippen molar-refractivity contribution in [2.24, 2.45) is 7.05 Å². The van der Waals surface area contributed by atoms with E-state index in [0.29, 0.717) is 0 Å². The number of nitro groups is 1. The Morgan fingerprint density at radius 2 is 2.21 bits per heavy atom. The van der Waals surface area contributed by atoms with Crippen LogP contribution in [0.2, 0.25) is 0 Å². The van der Waals surface area contributed by atoms with Crippen molar-refractivity contribution in [3.8, 4) is 0 Å². The van der Waals surface area contributed by atoms with Crippen LogP contribution in [0.4, 0.5) is 11.6 Å². The first-order valence-electron chi connectivity index (χ1n) is 5.28. The van der Waals surface area contributed by atoms with Gasteiger partial charge in [-0.1, -0.05) is 11.2 Å². The normalized spacial score (nSPS) is 10.2. The number of carbonyl (C=O) groups is 1. The number of hydrogen-bond acceptors (Lipinski definition) is 6. The predicted molar refractivity (Wildman–Crippen MR) is 64.6 cm³/mol. The standard InChI is InChI=1S/C10H10N6O3/c1-6-7(4-3-5-8(6)16(18)19)9(17)11-10-12-14-15(2)13-10/h3-5H,1-2H3,(H,11,13,17). The molecule has 98 valence electrons. The van der Waals surface area contributed by atoms with Crippen molar-refractivity contribution in [2.45, 2.75) is 6.92 Å². The maximum Gasteiger partial charge on any atom is 0.273 e. The lowest BCUT2D eigenvalue weighted by atomic mass is 10.1. The summed E-state index contributed by atoms with van der Waals surface area (Å²) in [5, 5.41) is 24.2. The predicted octanol–water partition coefficient (Wildman–Crippen LogP) is 0.679. The molecule has 9 nitrogen and oxygen atoms in total. The summed E-state index contributed by atoms with van der Waals surface area (Å²) in [5.74, 6) is -0.479. The lowest BCUT2D eigenvalue weighted by Crippen LogP contribution is -2.15. The molecule has 0 spiro atoms. The first kappa shape index (κ1) is 12.6. The lowest BCUT2D eigenvalue weighted by Gasteiger charge is -2.04. The van der Waals surface area contributed by atoms with Gasteiger partial charge in [-0.3, -0.25) is 20.2 Å². The van der Waals surface area contributed by atoms with Crippen LogP contribution in [0.3, 0.4) is 0 Å². The largest absolute Gasteiger partial charge is 0.288 e. The number of benzene rings is 1. The third kappa shape index (κ3) is 2.54. The lowest BCUT2D eigenvalue weighted by molar-refractivity contribution is -0.385. The maximum absolute atomic E-state index is 12.0. The Balaban J connectivity index is 2.29. The average Bonchev–Trinajstić information content (AvgIpc) is 2.74. The summed E-state index contributed by atoms with van der Waals surface area (Å²) in [4.78, 5) is 23.4. The molecule has 2 aromatic rings. The van der Waals surface area contributed by atoms with Gasteiger partial charge in [-0.15, -0.1) is 5.10 Å². The Morgan fingerprint density at radius 1 is 1.47 bits per heavy atom. The van der Waals surface area contributed by atoms with Crippen LogP contribution in [0.1, 0.15) is 15.9 Å². The van der Waals surface area contributed by atoms with E-state index < -0.39 is 10.8 Å². The van der Waals surface area contributed by atoms with E-state index >= 15 is 0 Å². The van der Waals surface area contributed by atoms with Gasteiger partial charge in [0.2, 0.25) is 0 Å². The molecule has 2 rings (SSSR count). The van der Waals surface area contributed by atoms with E-state index in [1.165, 1.54) is 29.9 Å². The molecule has 1 heterocycles. The van der Waals surface area contributed by atoms with E-state index in [1.54, 1.807) is 7.05 Å². The molecule has 19 heavy (non-hydrogen) atoms. The minimum Gasteiger partial charge on any atom is -0.288 e. The molecule has 0 saturated heterocycles. The summed E-state index contributed by atoms with van der Waals surface area (Å²) >= 11 is 0. The highest BCUT2D eigenvalue weighted by atomic mass is 16.6. The molecule has 1 aromatic carbocycles. The number of rotatable bonds is 3. The zero-order valence-corrected chi connectivity index (χ0v) is 10.2. The molecule has 1 aromatic heterocycles. The van der Waals surface area contributed by atoms with Crippen LogP contribution in [-0.2, 0) is 7.05 Å². The Kier molecular flexibility index (Phi) is 3.19. The number of nitrogens with one attached hydrogen (secondary N) is 1. The van der Waals surface area contributed by atoms with Gasteiger partial charge in [-0.2, -0.15) is 4.80 Å². The van der Waals surface area contributed by atoms with Gasteiger partial charge in [0.1, 0.15) is 0 Å². The topological polar surface area (TPSA) is 116 Å². The van der Waals surface area contributed by atoms with E-state index in [1.807, 2.05) is 0 Å². The minimum atomic E-state index is -0.535. The molecule has 0 atom stereocenters. The fourth-order valence-electron chi connectivity index (χ4n) is 1.57. The Hall–Kier alpha value is -2.84. The van der Waals surface area contributed by atoms with Crippen molar-refractivity contribution < 1.29 is 9.72 Å². The third-order valence-corrected chi connectivity index (χ3v) is 2.48. The second kappa shape index (κ2) is 4.80. The van der Waals surface area contributed by atoms with E-state index in [4.69, 9.17) is 0 Å². The fourth-order valence-corrected chi connectivity index (χ4v) is 1.57. The van der Waals surface area contributed by atoms with Gasteiger partial charge in [0.05, 0.1) is 12.0 Å². The molecule has 0 unspecified atom stereocenters. The van der Waals surface area contributed by atoms with Crippen LogP contribution >= 0.6 is 0 Å². The smallest absolute Gasteiger partial charge is 0.273 e. The summed E-state index contributed by atoms with van der Waals surface area (Å²) in [6.45, 7) is 1.51. The third-order valence-electron chi connectivity index (χ3n) is 2.48. The van der Waals surface area contributed by atoms with Crippen LogP contribution in [-0.4, -0.2) is 31.0 Å². The van der Waals surface area contributed by atoms with E-state index in [-0.39, 0.29) is 22.8 Å². The summed E-state index contributed by atoms with van der Waals surface area (Å²) < 4.78 is 0. The molecular formula is C10H10N6O3. The van der Waals surface area contributed by atoms with Crippen LogP contribution in [0.5, 0.6) is 0 Å². The number of hydrogen-bond donors (Lipinski definition) is 1. The second-order valence-corrected chi connectivity index (χ2v) is 3.76. The summed E-state index contributed by atoms with van der Waals surface area (Å²) in [5.41, 5.74) is 0.371. The molecule has 1 N–H and O–H groups in total. The highest BCUT2D eigenvalue weighted by Crippen LogP contribution is 2.21. The number of nitro benzene ring substituents is 1.